The zero-order chi connectivity index (χ0) is 17.7. The first-order valence-electron chi connectivity index (χ1n) is 6.81. The molecule has 8 heteroatoms. The van der Waals surface area contributed by atoms with Gasteiger partial charge in [0, 0.05) is 6.54 Å². The highest BCUT2D eigenvalue weighted by molar-refractivity contribution is 9.10. The largest absolute Gasteiger partial charge is 0.481 e. The third-order valence-corrected chi connectivity index (χ3v) is 5.01. The zero-order valence-electron chi connectivity index (χ0n) is 12.8. The topological polar surface area (TPSA) is 55.8 Å². The first-order valence-corrected chi connectivity index (χ1v) is 8.83. The summed E-state index contributed by atoms with van der Waals surface area (Å²) in [4.78, 5) is 25.4. The van der Waals surface area contributed by atoms with Crippen LogP contribution in [0.5, 0.6) is 5.75 Å². The molecule has 0 aromatic heterocycles. The lowest BCUT2D eigenvalue weighted by atomic mass is 10.2. The zero-order valence-corrected chi connectivity index (χ0v) is 16.0. The van der Waals surface area contributed by atoms with Crippen molar-refractivity contribution in [2.45, 2.75) is 0 Å². The van der Waals surface area contributed by atoms with Gasteiger partial charge in [-0.25, -0.2) is 4.79 Å². The second-order valence-corrected chi connectivity index (χ2v) is 7.17. The minimum atomic E-state index is -0.461. The van der Waals surface area contributed by atoms with Gasteiger partial charge in [-0.15, -0.1) is 6.58 Å². The molecule has 0 spiro atoms. The quantitative estimate of drug-likeness (QED) is 0.300. The maximum atomic E-state index is 12.3. The molecule has 0 unspecified atom stereocenters. The van der Waals surface area contributed by atoms with Crippen LogP contribution < -0.4 is 4.74 Å². The van der Waals surface area contributed by atoms with Gasteiger partial charge in [0.15, 0.2) is 6.61 Å². The lowest BCUT2D eigenvalue weighted by Gasteiger charge is -2.10. The van der Waals surface area contributed by atoms with Crippen LogP contribution in [0.1, 0.15) is 5.56 Å². The third kappa shape index (κ3) is 4.46. The molecule has 1 heterocycles. The van der Waals surface area contributed by atoms with Crippen molar-refractivity contribution in [2.75, 3.05) is 20.3 Å². The van der Waals surface area contributed by atoms with E-state index in [1.165, 1.54) is 23.8 Å². The van der Waals surface area contributed by atoms with Crippen LogP contribution in [0.3, 0.4) is 0 Å². The first-order chi connectivity index (χ1) is 11.5. The number of ether oxygens (including phenoxy) is 2. The summed E-state index contributed by atoms with van der Waals surface area (Å²) in [6.45, 7) is 3.85. The predicted molar refractivity (Wildman–Crippen MR) is 102 cm³/mol. The molecule has 1 aromatic rings. The lowest BCUT2D eigenvalue weighted by molar-refractivity contribution is -0.142. The van der Waals surface area contributed by atoms with Crippen molar-refractivity contribution in [3.05, 3.63) is 45.8 Å². The maximum Gasteiger partial charge on any atom is 0.343 e. The number of nitrogens with zero attached hydrogens (tertiary/aromatic N) is 1. The van der Waals surface area contributed by atoms with Gasteiger partial charge in [0.05, 0.1) is 16.5 Å². The number of methoxy groups -OCH3 is 1. The number of carbonyl (C=O) groups is 2. The van der Waals surface area contributed by atoms with Crippen LogP contribution in [0.2, 0.25) is 0 Å². The van der Waals surface area contributed by atoms with Crippen LogP contribution in [0.4, 0.5) is 0 Å². The Kier molecular flexibility index (Phi) is 6.59. The smallest absolute Gasteiger partial charge is 0.343 e. The summed E-state index contributed by atoms with van der Waals surface area (Å²) in [6.07, 6.45) is 3.40. The monoisotopic (exact) mass is 427 g/mol. The average molecular weight is 428 g/mol. The molecule has 0 bridgehead atoms. The molecule has 1 saturated heterocycles. The van der Waals surface area contributed by atoms with Crippen molar-refractivity contribution in [3.8, 4) is 5.75 Å². The molecule has 0 aliphatic carbocycles. The van der Waals surface area contributed by atoms with Crippen LogP contribution in [0.15, 0.2) is 40.2 Å². The average Bonchev–Trinajstić information content (AvgIpc) is 2.81. The molecule has 1 aromatic carbocycles. The van der Waals surface area contributed by atoms with Crippen molar-refractivity contribution >= 4 is 62.2 Å². The van der Waals surface area contributed by atoms with E-state index in [0.29, 0.717) is 26.0 Å². The number of halogens is 1. The fourth-order valence-electron chi connectivity index (χ4n) is 1.86. The third-order valence-electron chi connectivity index (χ3n) is 3.01. The highest BCUT2D eigenvalue weighted by atomic mass is 79.9. The Morgan fingerprint density at radius 1 is 1.50 bits per heavy atom. The second kappa shape index (κ2) is 8.46. The van der Waals surface area contributed by atoms with Crippen molar-refractivity contribution in [2.24, 2.45) is 0 Å². The van der Waals surface area contributed by atoms with Gasteiger partial charge in [0.1, 0.15) is 10.1 Å². The van der Waals surface area contributed by atoms with E-state index in [1.54, 1.807) is 30.4 Å². The van der Waals surface area contributed by atoms with Crippen molar-refractivity contribution in [1.29, 1.82) is 0 Å². The number of thioether (sulfide) groups is 1. The molecule has 24 heavy (non-hydrogen) atoms. The van der Waals surface area contributed by atoms with Crippen LogP contribution >= 0.6 is 39.9 Å². The van der Waals surface area contributed by atoms with Gasteiger partial charge >= 0.3 is 5.97 Å². The molecule has 0 radical (unpaired) electrons. The van der Waals surface area contributed by atoms with E-state index in [4.69, 9.17) is 17.0 Å². The van der Waals surface area contributed by atoms with Gasteiger partial charge in [-0.2, -0.15) is 0 Å². The molecule has 5 nitrogen and oxygen atoms in total. The van der Waals surface area contributed by atoms with Crippen LogP contribution in [0.25, 0.3) is 6.08 Å². The van der Waals surface area contributed by atoms with E-state index in [9.17, 15) is 9.59 Å². The Labute approximate surface area is 157 Å². The number of rotatable bonds is 6. The van der Waals surface area contributed by atoms with Crippen LogP contribution in [-0.2, 0) is 14.3 Å². The normalized spacial score (nSPS) is 15.8. The van der Waals surface area contributed by atoms with E-state index < -0.39 is 5.97 Å². The maximum absolute atomic E-state index is 12.3. The Bertz CT molecular complexity index is 733. The minimum Gasteiger partial charge on any atom is -0.481 e. The van der Waals surface area contributed by atoms with E-state index in [-0.39, 0.29) is 12.5 Å². The van der Waals surface area contributed by atoms with Gasteiger partial charge in [-0.3, -0.25) is 9.69 Å². The van der Waals surface area contributed by atoms with Crippen molar-refractivity contribution in [3.63, 3.8) is 0 Å². The minimum absolute atomic E-state index is 0.132. The summed E-state index contributed by atoms with van der Waals surface area (Å²) in [7, 11) is 1.30. The summed E-state index contributed by atoms with van der Waals surface area (Å²) >= 11 is 9.84. The Morgan fingerprint density at radius 2 is 2.25 bits per heavy atom. The summed E-state index contributed by atoms with van der Waals surface area (Å²) in [5.41, 5.74) is 0.811. The highest BCUT2D eigenvalue weighted by Gasteiger charge is 2.30. The van der Waals surface area contributed by atoms with E-state index in [2.05, 4.69) is 27.2 Å². The molecular formula is C16H14BrNO4S2. The Hall–Kier alpha value is -1.64. The highest BCUT2D eigenvalue weighted by Crippen LogP contribution is 2.34. The molecule has 1 aliphatic heterocycles. The van der Waals surface area contributed by atoms with Crippen LogP contribution in [0, 0.1) is 0 Å². The first kappa shape index (κ1) is 18.7. The van der Waals surface area contributed by atoms with Crippen molar-refractivity contribution in [1.82, 2.24) is 4.90 Å². The number of esters is 1. The van der Waals surface area contributed by atoms with Gasteiger partial charge in [0.2, 0.25) is 0 Å². The molecule has 2 rings (SSSR count). The number of carbonyl (C=O) groups excluding carboxylic acids is 2. The van der Waals surface area contributed by atoms with Gasteiger partial charge < -0.3 is 9.47 Å². The molecule has 0 N–H and O–H groups in total. The number of hydrogen-bond donors (Lipinski definition) is 0. The Morgan fingerprint density at radius 3 is 2.88 bits per heavy atom. The van der Waals surface area contributed by atoms with E-state index >= 15 is 0 Å². The summed E-state index contributed by atoms with van der Waals surface area (Å²) in [5.74, 6) is -0.0827. The van der Waals surface area contributed by atoms with Crippen molar-refractivity contribution < 1.29 is 19.1 Å². The standard InChI is InChI=1S/C16H14BrNO4S2/c1-3-6-18-15(20)13(24-16(18)23)8-10-4-5-12(11(17)7-10)22-9-14(19)21-2/h3-5,7-8H,1,6,9H2,2H3/b13-8-. The van der Waals surface area contributed by atoms with E-state index in [0.717, 1.165) is 5.56 Å². The second-order valence-electron chi connectivity index (χ2n) is 4.64. The SMILES string of the molecule is C=CCN1C(=O)/C(=C/c2ccc(OCC(=O)OC)c(Br)c2)SC1=S. The molecule has 0 atom stereocenters. The number of benzene rings is 1. The molecule has 126 valence electrons. The lowest BCUT2D eigenvalue weighted by Crippen LogP contribution is -2.27. The molecule has 0 saturated carbocycles. The summed E-state index contributed by atoms with van der Waals surface area (Å²) in [6, 6.07) is 5.30. The fraction of sp³-hybridized carbons (Fsp3) is 0.188. The Balaban J connectivity index is 2.14. The molecule has 1 fully saturated rings. The van der Waals surface area contributed by atoms with Gasteiger partial charge in [0.25, 0.3) is 5.91 Å². The number of hydrogen-bond acceptors (Lipinski definition) is 6. The van der Waals surface area contributed by atoms with Crippen LogP contribution in [-0.4, -0.2) is 41.4 Å². The van der Waals surface area contributed by atoms with E-state index in [1.807, 2.05) is 0 Å². The summed E-state index contributed by atoms with van der Waals surface area (Å²) < 4.78 is 11.1. The number of thiocarbonyl (C=S) groups is 1. The van der Waals surface area contributed by atoms with Gasteiger partial charge in [-0.05, 0) is 39.7 Å². The molecule has 1 amide bonds. The summed E-state index contributed by atoms with van der Waals surface area (Å²) in [5, 5.41) is 0. The fourth-order valence-corrected chi connectivity index (χ4v) is 3.64. The predicted octanol–water partition coefficient (Wildman–Crippen LogP) is 3.39. The number of amides is 1. The molecule has 1 aliphatic rings. The molecular weight excluding hydrogens is 414 g/mol. The van der Waals surface area contributed by atoms with Gasteiger partial charge in [-0.1, -0.05) is 36.1 Å².